The fourth-order valence-corrected chi connectivity index (χ4v) is 3.10. The number of hydrogen-bond acceptors (Lipinski definition) is 5. The van der Waals surface area contributed by atoms with Gasteiger partial charge < -0.3 is 14.4 Å². The van der Waals surface area contributed by atoms with Gasteiger partial charge in [0.1, 0.15) is 5.82 Å². The Labute approximate surface area is 142 Å². The molecule has 3 heterocycles. The minimum absolute atomic E-state index is 0.103. The van der Waals surface area contributed by atoms with Crippen molar-refractivity contribution in [2.45, 2.75) is 26.0 Å². The maximum absolute atomic E-state index is 12.4. The number of ether oxygens (including phenoxy) is 2. The van der Waals surface area contributed by atoms with Gasteiger partial charge in [-0.25, -0.2) is 9.78 Å². The Hall–Kier alpha value is -1.70. The second-order valence-electron chi connectivity index (χ2n) is 6.14. The zero-order valence-corrected chi connectivity index (χ0v) is 14.2. The first kappa shape index (κ1) is 17.1. The van der Waals surface area contributed by atoms with Gasteiger partial charge in [-0.15, -0.1) is 0 Å². The Bertz CT molecular complexity index is 548. The predicted octanol–water partition coefficient (Wildman–Crippen LogP) is 1.56. The van der Waals surface area contributed by atoms with Crippen molar-refractivity contribution >= 4 is 11.8 Å². The second-order valence-corrected chi connectivity index (χ2v) is 6.14. The third kappa shape index (κ3) is 4.66. The molecular formula is C17H26N4O3. The molecule has 0 spiro atoms. The number of rotatable bonds is 5. The molecule has 2 amide bonds. The van der Waals surface area contributed by atoms with Crippen molar-refractivity contribution in [2.75, 3.05) is 51.3 Å². The topological polar surface area (TPSA) is 66.9 Å². The molecule has 1 aromatic rings. The summed E-state index contributed by atoms with van der Waals surface area (Å²) in [4.78, 5) is 21.0. The van der Waals surface area contributed by atoms with Gasteiger partial charge in [-0.3, -0.25) is 10.2 Å². The highest BCUT2D eigenvalue weighted by Gasteiger charge is 2.26. The molecule has 1 atom stereocenters. The van der Waals surface area contributed by atoms with E-state index in [1.165, 1.54) is 0 Å². The lowest BCUT2D eigenvalue weighted by Gasteiger charge is -2.26. The van der Waals surface area contributed by atoms with Crippen LogP contribution in [-0.4, -0.2) is 72.9 Å². The summed E-state index contributed by atoms with van der Waals surface area (Å²) >= 11 is 0. The Balaban J connectivity index is 1.53. The average molecular weight is 334 g/mol. The number of aromatic nitrogens is 1. The van der Waals surface area contributed by atoms with Crippen molar-refractivity contribution in [3.05, 3.63) is 23.9 Å². The second kappa shape index (κ2) is 8.41. The number of nitrogens with one attached hydrogen (secondary N) is 1. The number of urea groups is 1. The van der Waals surface area contributed by atoms with Gasteiger partial charge in [0.2, 0.25) is 0 Å². The van der Waals surface area contributed by atoms with Gasteiger partial charge in [0.25, 0.3) is 0 Å². The first-order valence-corrected chi connectivity index (χ1v) is 8.68. The van der Waals surface area contributed by atoms with E-state index >= 15 is 0 Å². The van der Waals surface area contributed by atoms with Crippen LogP contribution in [0.3, 0.4) is 0 Å². The fraction of sp³-hybridized carbons (Fsp3) is 0.647. The van der Waals surface area contributed by atoms with Crippen LogP contribution < -0.4 is 5.32 Å². The number of carbonyl (C=O) groups is 1. The summed E-state index contributed by atoms with van der Waals surface area (Å²) in [6.07, 6.45) is 1.05. The summed E-state index contributed by atoms with van der Waals surface area (Å²) in [6.45, 7) is 8.20. The Morgan fingerprint density at radius 2 is 2.21 bits per heavy atom. The smallest absolute Gasteiger partial charge is 0.323 e. The van der Waals surface area contributed by atoms with Crippen molar-refractivity contribution in [3.63, 3.8) is 0 Å². The van der Waals surface area contributed by atoms with E-state index in [1.807, 2.05) is 25.1 Å². The van der Waals surface area contributed by atoms with Crippen molar-refractivity contribution in [3.8, 4) is 0 Å². The summed E-state index contributed by atoms with van der Waals surface area (Å²) in [7, 11) is 0. The van der Waals surface area contributed by atoms with E-state index in [1.54, 1.807) is 4.90 Å². The summed E-state index contributed by atoms with van der Waals surface area (Å²) in [6, 6.07) is 5.65. The number of anilines is 1. The van der Waals surface area contributed by atoms with E-state index in [0.717, 1.165) is 51.5 Å². The lowest BCUT2D eigenvalue weighted by Crippen LogP contribution is -2.36. The summed E-state index contributed by atoms with van der Waals surface area (Å²) < 4.78 is 10.9. The first-order chi connectivity index (χ1) is 11.7. The Morgan fingerprint density at radius 1 is 1.38 bits per heavy atom. The van der Waals surface area contributed by atoms with Crippen LogP contribution in [0.25, 0.3) is 0 Å². The lowest BCUT2D eigenvalue weighted by molar-refractivity contribution is 0.0337. The number of amides is 2. The zero-order valence-electron chi connectivity index (χ0n) is 14.2. The molecule has 0 aromatic carbocycles. The average Bonchev–Trinajstić information content (AvgIpc) is 3.05. The highest BCUT2D eigenvalue weighted by Crippen LogP contribution is 2.15. The van der Waals surface area contributed by atoms with Crippen LogP contribution in [0.4, 0.5) is 10.6 Å². The monoisotopic (exact) mass is 334 g/mol. The maximum atomic E-state index is 12.4. The van der Waals surface area contributed by atoms with Crippen molar-refractivity contribution in [1.29, 1.82) is 0 Å². The molecule has 3 rings (SSSR count). The van der Waals surface area contributed by atoms with E-state index in [4.69, 9.17) is 9.47 Å². The highest BCUT2D eigenvalue weighted by atomic mass is 16.5. The maximum Gasteiger partial charge on any atom is 0.323 e. The van der Waals surface area contributed by atoms with Crippen LogP contribution in [0.1, 0.15) is 19.0 Å². The minimum Gasteiger partial charge on any atom is -0.379 e. The van der Waals surface area contributed by atoms with Crippen molar-refractivity contribution in [1.82, 2.24) is 14.8 Å². The Morgan fingerprint density at radius 3 is 3.00 bits per heavy atom. The van der Waals surface area contributed by atoms with Crippen LogP contribution in [-0.2, 0) is 16.0 Å². The SMILES string of the molecule is CCO[C@H]1CCN(C(=O)Nc2cccc(CN3CCOCC3)n2)C1. The fourth-order valence-electron chi connectivity index (χ4n) is 3.10. The number of morpholine rings is 1. The number of carbonyl (C=O) groups excluding carboxylic acids is 1. The molecule has 132 valence electrons. The Kier molecular flexibility index (Phi) is 6.01. The van der Waals surface area contributed by atoms with Gasteiger partial charge in [-0.05, 0) is 25.5 Å². The molecule has 1 N–H and O–H groups in total. The summed E-state index contributed by atoms with van der Waals surface area (Å²) in [5, 5.41) is 2.90. The van der Waals surface area contributed by atoms with Crippen LogP contribution in [0.15, 0.2) is 18.2 Å². The van der Waals surface area contributed by atoms with E-state index in [-0.39, 0.29) is 12.1 Å². The molecule has 2 fully saturated rings. The van der Waals surface area contributed by atoms with Crippen molar-refractivity contribution < 1.29 is 14.3 Å². The molecule has 0 saturated carbocycles. The number of hydrogen-bond donors (Lipinski definition) is 1. The molecule has 0 unspecified atom stereocenters. The van der Waals surface area contributed by atoms with E-state index < -0.39 is 0 Å². The van der Waals surface area contributed by atoms with Crippen LogP contribution in [0.5, 0.6) is 0 Å². The lowest BCUT2D eigenvalue weighted by atomic mass is 10.3. The molecule has 7 heteroatoms. The summed E-state index contributed by atoms with van der Waals surface area (Å²) in [5.41, 5.74) is 0.961. The predicted molar refractivity (Wildman–Crippen MR) is 91.0 cm³/mol. The van der Waals surface area contributed by atoms with Gasteiger partial charge in [0, 0.05) is 39.3 Å². The van der Waals surface area contributed by atoms with Crippen LogP contribution in [0, 0.1) is 0 Å². The van der Waals surface area contributed by atoms with E-state index in [2.05, 4.69) is 15.2 Å². The van der Waals surface area contributed by atoms with Crippen LogP contribution in [0.2, 0.25) is 0 Å². The molecule has 2 saturated heterocycles. The largest absolute Gasteiger partial charge is 0.379 e. The van der Waals surface area contributed by atoms with Gasteiger partial charge in [0.15, 0.2) is 0 Å². The molecule has 2 aliphatic rings. The number of pyridine rings is 1. The van der Waals surface area contributed by atoms with Gasteiger partial charge in [-0.2, -0.15) is 0 Å². The van der Waals surface area contributed by atoms with Crippen molar-refractivity contribution in [2.24, 2.45) is 0 Å². The molecule has 0 radical (unpaired) electrons. The van der Waals surface area contributed by atoms with Gasteiger partial charge in [0.05, 0.1) is 25.0 Å². The normalized spacial score (nSPS) is 21.9. The highest BCUT2D eigenvalue weighted by molar-refractivity contribution is 5.88. The minimum atomic E-state index is -0.103. The van der Waals surface area contributed by atoms with Gasteiger partial charge in [-0.1, -0.05) is 6.07 Å². The molecule has 0 bridgehead atoms. The van der Waals surface area contributed by atoms with E-state index in [9.17, 15) is 4.79 Å². The zero-order chi connectivity index (χ0) is 16.8. The third-order valence-corrected chi connectivity index (χ3v) is 4.37. The van der Waals surface area contributed by atoms with Gasteiger partial charge >= 0.3 is 6.03 Å². The molecule has 1 aromatic heterocycles. The van der Waals surface area contributed by atoms with Crippen LogP contribution >= 0.6 is 0 Å². The first-order valence-electron chi connectivity index (χ1n) is 8.68. The molecule has 24 heavy (non-hydrogen) atoms. The molecular weight excluding hydrogens is 308 g/mol. The quantitative estimate of drug-likeness (QED) is 0.885. The molecule has 7 nitrogen and oxygen atoms in total. The number of likely N-dealkylation sites (tertiary alicyclic amines) is 1. The van der Waals surface area contributed by atoms with E-state index in [0.29, 0.717) is 19.0 Å². The third-order valence-electron chi connectivity index (χ3n) is 4.37. The summed E-state index contributed by atoms with van der Waals surface area (Å²) in [5.74, 6) is 0.602. The molecule has 0 aliphatic carbocycles. The number of nitrogens with zero attached hydrogens (tertiary/aromatic N) is 3. The molecule has 2 aliphatic heterocycles. The standard InChI is InChI=1S/C17H26N4O3/c1-2-24-15-6-7-21(13-15)17(22)19-16-5-3-4-14(18-16)12-20-8-10-23-11-9-20/h3-5,15H,2,6-13H2,1H3,(H,18,19,22)/t15-/m0/s1.